The predicted octanol–water partition coefficient (Wildman–Crippen LogP) is -5.10. The van der Waals surface area contributed by atoms with Gasteiger partial charge < -0.3 is 73.2 Å². The Kier molecular flexibility index (Phi) is 21.0. The van der Waals surface area contributed by atoms with Gasteiger partial charge in [0.05, 0.1) is 30.9 Å². The quantitative estimate of drug-likeness (QED) is 0.0484. The number of aliphatic carboxylic acids is 1. The number of amides is 9. The SMILES string of the molecule is CC(N)C(=O)N1CCCC1C(=O)NCC(=O)NC(C(=O)NC(C(=O)NC(C(=O)NC(C(=O)N1CCCC1C(=O)NC(C)C(=O)NC(C(=O)O)C(C)O)C(C)O)C(C)C)C(C)O)C(C)C. The summed E-state index contributed by atoms with van der Waals surface area (Å²) >= 11 is 0. The van der Waals surface area contributed by atoms with Gasteiger partial charge in [-0.05, 0) is 72.1 Å². The molecule has 0 aromatic carbocycles. The van der Waals surface area contributed by atoms with Gasteiger partial charge in [0, 0.05) is 13.1 Å². The van der Waals surface area contributed by atoms with Crippen LogP contribution in [-0.2, 0) is 47.9 Å². The first kappa shape index (κ1) is 54.7. The van der Waals surface area contributed by atoms with E-state index in [1.165, 1.54) is 32.6 Å². The van der Waals surface area contributed by atoms with E-state index in [9.17, 15) is 68.4 Å². The molecule has 64 heavy (non-hydrogen) atoms. The van der Waals surface area contributed by atoms with Crippen molar-refractivity contribution in [3.05, 3.63) is 0 Å². The van der Waals surface area contributed by atoms with E-state index < -0.39 is 150 Å². The zero-order valence-electron chi connectivity index (χ0n) is 37.9. The summed E-state index contributed by atoms with van der Waals surface area (Å²) in [6.07, 6.45) is -3.08. The van der Waals surface area contributed by atoms with E-state index in [0.29, 0.717) is 25.8 Å². The van der Waals surface area contributed by atoms with Crippen LogP contribution in [0.5, 0.6) is 0 Å². The third-order valence-electron chi connectivity index (χ3n) is 10.9. The molecule has 0 bridgehead atoms. The number of carboxylic acid groups (broad SMARTS) is 1. The third kappa shape index (κ3) is 15.1. The molecule has 0 saturated carbocycles. The summed E-state index contributed by atoms with van der Waals surface area (Å²) in [5.41, 5.74) is 5.70. The second kappa shape index (κ2) is 24.6. The Morgan fingerprint density at radius 1 is 0.531 bits per heavy atom. The topological polar surface area (TPSA) is 368 Å². The van der Waals surface area contributed by atoms with Crippen LogP contribution < -0.4 is 43.0 Å². The summed E-state index contributed by atoms with van der Waals surface area (Å²) in [4.78, 5) is 133. The van der Waals surface area contributed by atoms with Gasteiger partial charge in [-0.25, -0.2) is 4.79 Å². The van der Waals surface area contributed by atoms with E-state index in [-0.39, 0.29) is 13.0 Å². The number of nitrogens with two attached hydrogens (primary N) is 1. The lowest BCUT2D eigenvalue weighted by atomic mass is 10.00. The predicted molar refractivity (Wildman–Crippen MR) is 226 cm³/mol. The number of nitrogens with zero attached hydrogens (tertiary/aromatic N) is 2. The largest absolute Gasteiger partial charge is 0.480 e. The van der Waals surface area contributed by atoms with E-state index in [0.717, 1.165) is 11.8 Å². The Morgan fingerprint density at radius 3 is 1.39 bits per heavy atom. The minimum Gasteiger partial charge on any atom is -0.480 e. The fourth-order valence-electron chi connectivity index (χ4n) is 7.19. The summed E-state index contributed by atoms with van der Waals surface area (Å²) in [5.74, 6) is -9.86. The summed E-state index contributed by atoms with van der Waals surface area (Å²) in [7, 11) is 0. The number of nitrogens with one attached hydrogen (secondary N) is 7. The van der Waals surface area contributed by atoms with Gasteiger partial charge in [0.1, 0.15) is 42.3 Å². The molecule has 0 spiro atoms. The number of carbonyl (C=O) groups is 10. The first-order valence-electron chi connectivity index (χ1n) is 21.4. The van der Waals surface area contributed by atoms with Crippen LogP contribution in [0.2, 0.25) is 0 Å². The highest BCUT2D eigenvalue weighted by Crippen LogP contribution is 2.21. The number of aliphatic hydroxyl groups is 3. The average molecular weight is 913 g/mol. The fraction of sp³-hybridized carbons (Fsp3) is 0.750. The number of hydrogen-bond acceptors (Lipinski definition) is 14. The van der Waals surface area contributed by atoms with Crippen LogP contribution in [0.15, 0.2) is 0 Å². The van der Waals surface area contributed by atoms with Gasteiger partial charge >= 0.3 is 5.97 Å². The maximum Gasteiger partial charge on any atom is 0.328 e. The van der Waals surface area contributed by atoms with E-state index in [4.69, 9.17) is 5.73 Å². The van der Waals surface area contributed by atoms with Crippen molar-refractivity contribution in [3.63, 3.8) is 0 Å². The molecule has 0 aromatic heterocycles. The Morgan fingerprint density at radius 2 is 0.938 bits per heavy atom. The lowest BCUT2D eigenvalue weighted by Crippen LogP contribution is -2.63. The van der Waals surface area contributed by atoms with Crippen molar-refractivity contribution in [1.82, 2.24) is 47.0 Å². The fourth-order valence-corrected chi connectivity index (χ4v) is 7.19. The summed E-state index contributed by atoms with van der Waals surface area (Å²) in [6.45, 7) is 12.5. The maximum atomic E-state index is 13.8. The number of likely N-dealkylation sites (tertiary alicyclic amines) is 2. The third-order valence-corrected chi connectivity index (χ3v) is 10.9. The van der Waals surface area contributed by atoms with Gasteiger partial charge in [-0.1, -0.05) is 27.7 Å². The zero-order valence-corrected chi connectivity index (χ0v) is 37.9. The minimum atomic E-state index is -1.67. The van der Waals surface area contributed by atoms with E-state index in [1.54, 1.807) is 27.7 Å². The highest BCUT2D eigenvalue weighted by molar-refractivity contribution is 5.98. The van der Waals surface area contributed by atoms with Crippen LogP contribution in [0, 0.1) is 11.8 Å². The van der Waals surface area contributed by atoms with Gasteiger partial charge in [0.2, 0.25) is 53.2 Å². The number of aliphatic hydroxyl groups excluding tert-OH is 3. The molecule has 0 aliphatic carbocycles. The molecule has 9 amide bonds. The molecule has 2 saturated heterocycles. The van der Waals surface area contributed by atoms with Crippen LogP contribution in [0.25, 0.3) is 0 Å². The first-order chi connectivity index (χ1) is 29.7. The normalized spacial score (nSPS) is 20.9. The van der Waals surface area contributed by atoms with Gasteiger partial charge in [-0.3, -0.25) is 43.2 Å². The highest BCUT2D eigenvalue weighted by atomic mass is 16.4. The molecule has 2 heterocycles. The molecule has 12 unspecified atom stereocenters. The summed E-state index contributed by atoms with van der Waals surface area (Å²) < 4.78 is 0. The molecule has 24 nitrogen and oxygen atoms in total. The monoisotopic (exact) mass is 912 g/mol. The van der Waals surface area contributed by atoms with Crippen molar-refractivity contribution in [2.24, 2.45) is 17.6 Å². The number of hydrogen-bond donors (Lipinski definition) is 12. The number of carbonyl (C=O) groups excluding carboxylic acids is 9. The molecule has 362 valence electrons. The van der Waals surface area contributed by atoms with Crippen molar-refractivity contribution >= 4 is 59.1 Å². The Bertz CT molecular complexity index is 1720. The van der Waals surface area contributed by atoms with Crippen LogP contribution in [0.4, 0.5) is 0 Å². The summed E-state index contributed by atoms with van der Waals surface area (Å²) in [6, 6.07) is -11.7. The van der Waals surface area contributed by atoms with Gasteiger partial charge in [-0.2, -0.15) is 0 Å². The smallest absolute Gasteiger partial charge is 0.328 e. The van der Waals surface area contributed by atoms with Crippen molar-refractivity contribution in [1.29, 1.82) is 0 Å². The van der Waals surface area contributed by atoms with Gasteiger partial charge in [0.25, 0.3) is 0 Å². The Hall–Kier alpha value is -5.46. The van der Waals surface area contributed by atoms with Crippen LogP contribution in [-0.4, -0.2) is 182 Å². The van der Waals surface area contributed by atoms with E-state index in [1.807, 2.05) is 0 Å². The molecule has 0 radical (unpaired) electrons. The van der Waals surface area contributed by atoms with E-state index >= 15 is 0 Å². The van der Waals surface area contributed by atoms with Crippen LogP contribution in [0.1, 0.15) is 88.0 Å². The van der Waals surface area contributed by atoms with Crippen LogP contribution >= 0.6 is 0 Å². The van der Waals surface area contributed by atoms with E-state index in [2.05, 4.69) is 37.2 Å². The molecular formula is C40H68N10O14. The van der Waals surface area contributed by atoms with Gasteiger partial charge in [-0.15, -0.1) is 0 Å². The molecule has 2 aliphatic heterocycles. The maximum absolute atomic E-state index is 13.8. The van der Waals surface area contributed by atoms with Gasteiger partial charge in [0.15, 0.2) is 6.04 Å². The van der Waals surface area contributed by atoms with Crippen molar-refractivity contribution in [3.8, 4) is 0 Å². The van der Waals surface area contributed by atoms with Crippen LogP contribution in [0.3, 0.4) is 0 Å². The second-order valence-corrected chi connectivity index (χ2v) is 17.2. The molecule has 13 N–H and O–H groups in total. The molecular weight excluding hydrogens is 844 g/mol. The highest BCUT2D eigenvalue weighted by Gasteiger charge is 2.42. The average Bonchev–Trinajstić information content (AvgIpc) is 3.90. The Balaban J connectivity index is 2.12. The molecule has 2 rings (SSSR count). The minimum absolute atomic E-state index is 0.0300. The summed E-state index contributed by atoms with van der Waals surface area (Å²) in [5, 5.41) is 57.0. The lowest BCUT2D eigenvalue weighted by molar-refractivity contribution is -0.146. The molecule has 2 aliphatic rings. The second-order valence-electron chi connectivity index (χ2n) is 17.2. The number of carboxylic acids is 1. The Labute approximate surface area is 371 Å². The van der Waals surface area contributed by atoms with Crippen molar-refractivity contribution in [2.75, 3.05) is 19.6 Å². The molecule has 12 atom stereocenters. The lowest BCUT2D eigenvalue weighted by Gasteiger charge is -2.32. The number of rotatable bonds is 22. The molecule has 2 fully saturated rings. The van der Waals surface area contributed by atoms with Crippen molar-refractivity contribution in [2.45, 2.75) is 161 Å². The zero-order chi connectivity index (χ0) is 48.9. The first-order valence-corrected chi connectivity index (χ1v) is 21.4. The standard InChI is InChI=1S/C40H68N10O14/c1-17(2)27(44-26(54)16-42-33(56)24-12-10-14-49(24)38(61)19(5)41)35(58)46-29(21(7)51)37(60)45-28(18(3)4)36(59)47-30(22(8)52)39(62)50-15-11-13-25(50)34(57)43-20(6)32(55)48-31(23(9)53)40(63)64/h17-25,27-31,51-53H,10-16,41H2,1-9H3,(H,42,56)(H,43,57)(H,44,54)(H,45,60)(H,46,58)(H,47,59)(H,48,55)(H,63,64). The molecule has 24 heteroatoms. The van der Waals surface area contributed by atoms with Crippen molar-refractivity contribution < 1.29 is 68.4 Å². The molecule has 0 aromatic rings.